The molecule has 0 spiro atoms. The fourth-order valence-corrected chi connectivity index (χ4v) is 0. The van der Waals surface area contributed by atoms with E-state index in [4.69, 9.17) is 0 Å². The Labute approximate surface area is 165 Å². The molecule has 0 fully saturated rings. The molecule has 0 aromatic rings. The second-order valence-corrected chi connectivity index (χ2v) is 0. The van der Waals surface area contributed by atoms with Crippen LogP contribution in [0.5, 0.6) is 0 Å². The van der Waals surface area contributed by atoms with Crippen molar-refractivity contribution in [1.82, 2.24) is 0 Å². The molecule has 0 aliphatic carbocycles. The molecule has 0 heterocycles. The van der Waals surface area contributed by atoms with Gasteiger partial charge in [-0.1, -0.05) is 165 Å². The van der Waals surface area contributed by atoms with Crippen molar-refractivity contribution in [2.24, 2.45) is 0 Å². The summed E-state index contributed by atoms with van der Waals surface area (Å²) in [5.41, 5.74) is 0. The van der Waals surface area contributed by atoms with Gasteiger partial charge < -0.3 is 0 Å². The minimum Gasteiger partial charge on any atom is -0.0776 e. The number of rotatable bonds is 0. The molecule has 0 atom stereocenters. The third-order valence-electron chi connectivity index (χ3n) is 0. The highest BCUT2D eigenvalue weighted by Crippen LogP contribution is 1.15. The summed E-state index contributed by atoms with van der Waals surface area (Å²) < 4.78 is 0. The van der Waals surface area contributed by atoms with Gasteiger partial charge in [0.05, 0.1) is 0 Å². The predicted molar refractivity (Wildman–Crippen MR) is 142 cm³/mol. The minimum atomic E-state index is 0. The zero-order valence-corrected chi connectivity index (χ0v) is 12.0. The van der Waals surface area contributed by atoms with Crippen LogP contribution in [0.3, 0.4) is 0 Å². The summed E-state index contributed by atoms with van der Waals surface area (Å²) >= 11 is 0. The lowest BCUT2D eigenvalue weighted by atomic mass is 11.0. The van der Waals surface area contributed by atoms with E-state index in [-0.39, 0.29) is 81.7 Å². The molecule has 0 saturated heterocycles. The van der Waals surface area contributed by atoms with Crippen LogP contribution in [0.4, 0.5) is 0 Å². The van der Waals surface area contributed by atoms with Gasteiger partial charge in [0.1, 0.15) is 0 Å². The summed E-state index contributed by atoms with van der Waals surface area (Å²) in [4.78, 5) is 0. The molecular formula is C23H80. The summed E-state index contributed by atoms with van der Waals surface area (Å²) in [6.07, 6.45) is 0. The Morgan fingerprint density at radius 1 is 0.130 bits per heavy atom. The van der Waals surface area contributed by atoms with E-state index < -0.39 is 0 Å². The fraction of sp³-hybridized carbons (Fsp3) is 1.00. The van der Waals surface area contributed by atoms with E-state index in [0.29, 0.717) is 0 Å². The highest BCUT2D eigenvalue weighted by molar-refractivity contribution is 3.51. The van der Waals surface area contributed by atoms with Gasteiger partial charge in [0.25, 0.3) is 0 Å². The Morgan fingerprint density at radius 3 is 0.130 bits per heavy atom. The third-order valence-corrected chi connectivity index (χ3v) is 0. The Balaban J connectivity index is -0.00000000114. The molecule has 0 amide bonds. The van der Waals surface area contributed by atoms with E-state index in [1.807, 2.05) is 83.1 Å². The fourth-order valence-electron chi connectivity index (χ4n) is 0. The first kappa shape index (κ1) is 309. The second kappa shape index (κ2) is 0. The van der Waals surface area contributed by atoms with Crippen molar-refractivity contribution in [2.75, 3.05) is 0 Å². The van der Waals surface area contributed by atoms with Crippen molar-refractivity contribution in [3.8, 4) is 0 Å². The average Bonchev–Trinajstić information content (AvgIpc) is 2.33. The van der Waals surface area contributed by atoms with E-state index in [2.05, 4.69) is 0 Å². The highest BCUT2D eigenvalue weighted by atomic mass is 13.0. The van der Waals surface area contributed by atoms with Gasteiger partial charge in [-0.25, -0.2) is 0 Å². The Kier molecular flexibility index (Phi) is 0. The largest absolute Gasteiger partial charge is 0.0776 e. The van der Waals surface area contributed by atoms with Crippen molar-refractivity contribution in [2.45, 2.75) is 165 Å². The molecule has 0 N–H and O–H groups in total. The molecule has 0 aromatic heterocycles. The normalized spacial score (nSPS) is 1.57. The SMILES string of the molecule is C.C.C.C.C.C.C.C.C.C.C.CC.CC.CC.CC.CC.CC. The van der Waals surface area contributed by atoms with Gasteiger partial charge in [-0.05, 0) is 0 Å². The lowest BCUT2D eigenvalue weighted by Gasteiger charge is -1.07. The van der Waals surface area contributed by atoms with Crippen molar-refractivity contribution < 1.29 is 0 Å². The quantitative estimate of drug-likeness (QED) is 0.404. The van der Waals surface area contributed by atoms with Crippen LogP contribution in [-0.4, -0.2) is 0 Å². The van der Waals surface area contributed by atoms with E-state index in [1.54, 1.807) is 0 Å². The zero-order valence-electron chi connectivity index (χ0n) is 12.0. The van der Waals surface area contributed by atoms with Crippen LogP contribution in [0.2, 0.25) is 0 Å². The van der Waals surface area contributed by atoms with Crippen LogP contribution in [0.15, 0.2) is 0 Å². The Hall–Kier alpha value is 0. The first-order chi connectivity index (χ1) is 6.00. The van der Waals surface area contributed by atoms with E-state index in [1.165, 1.54) is 0 Å². The molecule has 0 radical (unpaired) electrons. The van der Waals surface area contributed by atoms with Crippen LogP contribution in [-0.2, 0) is 0 Å². The summed E-state index contributed by atoms with van der Waals surface area (Å²) in [6.45, 7) is 24.0. The Bertz CT molecular complexity index is 0. The maximum Gasteiger partial charge on any atom is -0.0683 e. The van der Waals surface area contributed by atoms with Crippen LogP contribution in [0, 0.1) is 0 Å². The highest BCUT2D eigenvalue weighted by Gasteiger charge is 0.942. The van der Waals surface area contributed by atoms with Crippen molar-refractivity contribution in [1.29, 1.82) is 0 Å². The molecule has 0 saturated carbocycles. The standard InChI is InChI=1S/6C2H6.11CH4/c6*1-2;;;;;;;;;;;/h6*1-2H3;11*1H4. The van der Waals surface area contributed by atoms with Gasteiger partial charge >= 0.3 is 0 Å². The predicted octanol–water partition coefficient (Wildman–Crippen LogP) is 13.2. The maximum absolute atomic E-state index is 2.00. The van der Waals surface area contributed by atoms with Crippen LogP contribution in [0.25, 0.3) is 0 Å². The molecule has 0 nitrogen and oxygen atoms in total. The van der Waals surface area contributed by atoms with Gasteiger partial charge in [-0.2, -0.15) is 0 Å². The van der Waals surface area contributed by atoms with Gasteiger partial charge in [0.15, 0.2) is 0 Å². The van der Waals surface area contributed by atoms with Crippen molar-refractivity contribution in [3.63, 3.8) is 0 Å². The van der Waals surface area contributed by atoms with Gasteiger partial charge in [-0.3, -0.25) is 0 Å². The van der Waals surface area contributed by atoms with E-state index >= 15 is 0 Å². The van der Waals surface area contributed by atoms with Crippen molar-refractivity contribution in [3.05, 3.63) is 0 Å². The summed E-state index contributed by atoms with van der Waals surface area (Å²) in [6, 6.07) is 0. The van der Waals surface area contributed by atoms with Crippen LogP contribution < -0.4 is 0 Å². The third kappa shape index (κ3) is 0. The van der Waals surface area contributed by atoms with Gasteiger partial charge in [-0.15, -0.1) is 0 Å². The molecular weight excluding hydrogens is 276 g/mol. The molecule has 0 heteroatoms. The van der Waals surface area contributed by atoms with E-state index in [0.717, 1.165) is 0 Å². The van der Waals surface area contributed by atoms with Gasteiger partial charge in [0, 0.05) is 0 Å². The zero-order chi connectivity index (χ0) is 12.0. The van der Waals surface area contributed by atoms with Crippen molar-refractivity contribution >= 4 is 0 Å². The summed E-state index contributed by atoms with van der Waals surface area (Å²) in [7, 11) is 0. The molecule has 0 aliphatic heterocycles. The Morgan fingerprint density at radius 2 is 0.130 bits per heavy atom. The lowest BCUT2D eigenvalue weighted by Crippen LogP contribution is -0.856. The van der Waals surface area contributed by atoms with E-state index in [9.17, 15) is 0 Å². The minimum absolute atomic E-state index is 0. The van der Waals surface area contributed by atoms with Crippen LogP contribution >= 0.6 is 0 Å². The molecule has 0 aliphatic rings. The summed E-state index contributed by atoms with van der Waals surface area (Å²) in [5, 5.41) is 0. The smallest absolute Gasteiger partial charge is 0.0683 e. The van der Waals surface area contributed by atoms with Gasteiger partial charge in [0.2, 0.25) is 0 Å². The second-order valence-electron chi connectivity index (χ2n) is 0. The number of hydrogen-bond acceptors (Lipinski definition) is 0. The topological polar surface area (TPSA) is 0 Å². The molecule has 0 rings (SSSR count). The first-order valence-electron chi connectivity index (χ1n) is 6.00. The maximum atomic E-state index is 2.00. The number of hydrogen-bond donors (Lipinski definition) is 0. The first-order valence-corrected chi connectivity index (χ1v) is 6.00. The summed E-state index contributed by atoms with van der Waals surface area (Å²) in [5.74, 6) is 0. The molecule has 0 unspecified atom stereocenters. The monoisotopic (exact) mass is 357 g/mol. The average molecular weight is 357 g/mol. The lowest BCUT2D eigenvalue weighted by molar-refractivity contribution is 1.50. The molecule has 0 aromatic carbocycles. The van der Waals surface area contributed by atoms with Crippen LogP contribution in [0.1, 0.15) is 165 Å². The molecule has 23 heavy (non-hydrogen) atoms. The molecule has 172 valence electrons. The molecule has 0 bridgehead atoms.